The van der Waals surface area contributed by atoms with Gasteiger partial charge >= 0.3 is 0 Å². The molecule has 1 aromatic rings. The standard InChI is InChI=1S/C18H26FN3O2/c1-20-12-14-6-7-22(13-14)18(23)17(21-8-10-24-11-9-21)15-4-2-3-5-16(15)19/h2-5,14,17,20H,6-13H2,1H3/t14-,17-/m1/s1. The summed E-state index contributed by atoms with van der Waals surface area (Å²) in [5.41, 5.74) is 0.474. The Kier molecular flexibility index (Phi) is 5.81. The smallest absolute Gasteiger partial charge is 0.244 e. The summed E-state index contributed by atoms with van der Waals surface area (Å²) < 4.78 is 19.8. The number of likely N-dealkylation sites (tertiary alicyclic amines) is 1. The van der Waals surface area contributed by atoms with E-state index in [1.54, 1.807) is 18.2 Å². The summed E-state index contributed by atoms with van der Waals surface area (Å²) >= 11 is 0. The van der Waals surface area contributed by atoms with Gasteiger partial charge in [-0.3, -0.25) is 9.69 Å². The van der Waals surface area contributed by atoms with Crippen molar-refractivity contribution in [1.29, 1.82) is 0 Å². The molecule has 1 amide bonds. The van der Waals surface area contributed by atoms with Gasteiger partial charge < -0.3 is 15.0 Å². The van der Waals surface area contributed by atoms with Gasteiger partial charge in [-0.25, -0.2) is 4.39 Å². The number of benzene rings is 1. The van der Waals surface area contributed by atoms with Crippen LogP contribution in [0.25, 0.3) is 0 Å². The van der Waals surface area contributed by atoms with Crippen LogP contribution in [0, 0.1) is 11.7 Å². The van der Waals surface area contributed by atoms with Crippen LogP contribution >= 0.6 is 0 Å². The number of hydrogen-bond donors (Lipinski definition) is 1. The van der Waals surface area contributed by atoms with Crippen LogP contribution in [0.2, 0.25) is 0 Å². The first-order chi connectivity index (χ1) is 11.7. The Morgan fingerprint density at radius 2 is 2.08 bits per heavy atom. The SMILES string of the molecule is CNC[C@H]1CCN(C(=O)[C@@H](c2ccccc2F)N2CCOCC2)C1. The van der Waals surface area contributed by atoms with Gasteiger partial charge in [0.25, 0.3) is 0 Å². The molecule has 24 heavy (non-hydrogen) atoms. The molecule has 2 saturated heterocycles. The number of rotatable bonds is 5. The summed E-state index contributed by atoms with van der Waals surface area (Å²) in [4.78, 5) is 17.2. The Hall–Kier alpha value is -1.50. The van der Waals surface area contributed by atoms with Gasteiger partial charge in [-0.15, -0.1) is 0 Å². The molecule has 2 atom stereocenters. The Balaban J connectivity index is 1.82. The highest BCUT2D eigenvalue weighted by atomic mass is 19.1. The molecule has 5 nitrogen and oxygen atoms in total. The molecular weight excluding hydrogens is 309 g/mol. The van der Waals surface area contributed by atoms with E-state index < -0.39 is 6.04 Å². The Labute approximate surface area is 142 Å². The van der Waals surface area contributed by atoms with Crippen LogP contribution in [0.5, 0.6) is 0 Å². The third kappa shape index (κ3) is 3.77. The Bertz CT molecular complexity index is 563. The van der Waals surface area contributed by atoms with Crippen molar-refractivity contribution in [1.82, 2.24) is 15.1 Å². The number of amides is 1. The Morgan fingerprint density at radius 1 is 1.33 bits per heavy atom. The first kappa shape index (κ1) is 17.3. The van der Waals surface area contributed by atoms with Crippen LogP contribution in [0.15, 0.2) is 24.3 Å². The van der Waals surface area contributed by atoms with Gasteiger partial charge in [0.15, 0.2) is 0 Å². The predicted molar refractivity (Wildman–Crippen MR) is 90.1 cm³/mol. The highest BCUT2D eigenvalue weighted by Gasteiger charge is 2.36. The average Bonchev–Trinajstić information content (AvgIpc) is 3.07. The molecule has 6 heteroatoms. The van der Waals surface area contributed by atoms with Gasteiger partial charge in [0, 0.05) is 31.7 Å². The summed E-state index contributed by atoms with van der Waals surface area (Å²) in [5.74, 6) is 0.179. The lowest BCUT2D eigenvalue weighted by atomic mass is 10.0. The maximum atomic E-state index is 14.4. The minimum absolute atomic E-state index is 0.0144. The van der Waals surface area contributed by atoms with Gasteiger partial charge in [0.2, 0.25) is 5.91 Å². The predicted octanol–water partition coefficient (Wildman–Crippen LogP) is 1.27. The van der Waals surface area contributed by atoms with Gasteiger partial charge in [-0.2, -0.15) is 0 Å². The quantitative estimate of drug-likeness (QED) is 0.880. The van der Waals surface area contributed by atoms with Crippen LogP contribution in [-0.2, 0) is 9.53 Å². The lowest BCUT2D eigenvalue weighted by Crippen LogP contribution is -2.47. The molecule has 0 unspecified atom stereocenters. The molecule has 2 aliphatic rings. The summed E-state index contributed by atoms with van der Waals surface area (Å²) in [6, 6.07) is 6.08. The van der Waals surface area contributed by atoms with Gasteiger partial charge in [0.05, 0.1) is 13.2 Å². The monoisotopic (exact) mass is 335 g/mol. The molecule has 2 heterocycles. The maximum absolute atomic E-state index is 14.4. The van der Waals surface area contributed by atoms with E-state index in [9.17, 15) is 9.18 Å². The van der Waals surface area contributed by atoms with Gasteiger partial charge in [0.1, 0.15) is 11.9 Å². The van der Waals surface area contributed by atoms with Crippen molar-refractivity contribution in [2.24, 2.45) is 5.92 Å². The number of ether oxygens (including phenoxy) is 1. The Morgan fingerprint density at radius 3 is 2.79 bits per heavy atom. The molecule has 0 saturated carbocycles. The first-order valence-corrected chi connectivity index (χ1v) is 8.70. The molecule has 3 rings (SSSR count). The number of carbonyl (C=O) groups is 1. The molecule has 2 fully saturated rings. The van der Waals surface area contributed by atoms with Crippen LogP contribution in [0.1, 0.15) is 18.0 Å². The fourth-order valence-corrected chi connectivity index (χ4v) is 3.68. The van der Waals surface area contributed by atoms with Crippen molar-refractivity contribution in [2.75, 3.05) is 53.0 Å². The molecule has 1 N–H and O–H groups in total. The van der Waals surface area contributed by atoms with Crippen LogP contribution in [-0.4, -0.2) is 68.7 Å². The molecule has 0 aromatic heterocycles. The van der Waals surface area contributed by atoms with E-state index in [1.165, 1.54) is 6.07 Å². The van der Waals surface area contributed by atoms with Gasteiger partial charge in [-0.05, 0) is 32.0 Å². The van der Waals surface area contributed by atoms with E-state index in [0.717, 1.165) is 26.1 Å². The van der Waals surface area contributed by atoms with Crippen LogP contribution in [0.3, 0.4) is 0 Å². The summed E-state index contributed by atoms with van der Waals surface area (Å²) in [5, 5.41) is 3.18. The largest absolute Gasteiger partial charge is 0.379 e. The van der Waals surface area contributed by atoms with Crippen LogP contribution in [0.4, 0.5) is 4.39 Å². The molecule has 0 aliphatic carbocycles. The number of nitrogens with zero attached hydrogens (tertiary/aromatic N) is 2. The third-order valence-corrected chi connectivity index (χ3v) is 4.93. The zero-order chi connectivity index (χ0) is 16.9. The topological polar surface area (TPSA) is 44.8 Å². The summed E-state index contributed by atoms with van der Waals surface area (Å²) in [6.45, 7) is 4.87. The van der Waals surface area contributed by atoms with Crippen molar-refractivity contribution < 1.29 is 13.9 Å². The second kappa shape index (κ2) is 8.05. The minimum atomic E-state index is -0.552. The minimum Gasteiger partial charge on any atom is -0.379 e. The van der Waals surface area contributed by atoms with E-state index in [1.807, 2.05) is 11.9 Å². The number of halogens is 1. The highest BCUT2D eigenvalue weighted by Crippen LogP contribution is 2.29. The second-order valence-corrected chi connectivity index (χ2v) is 6.57. The molecule has 0 spiro atoms. The van der Waals surface area contributed by atoms with E-state index in [-0.39, 0.29) is 11.7 Å². The number of carbonyl (C=O) groups excluding carboxylic acids is 1. The number of morpholine rings is 1. The zero-order valence-corrected chi connectivity index (χ0v) is 14.2. The van der Waals surface area contributed by atoms with Crippen molar-refractivity contribution >= 4 is 5.91 Å². The van der Waals surface area contributed by atoms with Crippen molar-refractivity contribution in [3.05, 3.63) is 35.6 Å². The molecule has 0 bridgehead atoms. The van der Waals surface area contributed by atoms with E-state index in [2.05, 4.69) is 10.2 Å². The third-order valence-electron chi connectivity index (χ3n) is 4.93. The number of nitrogens with one attached hydrogen (secondary N) is 1. The van der Waals surface area contributed by atoms with E-state index in [0.29, 0.717) is 37.8 Å². The number of hydrogen-bond acceptors (Lipinski definition) is 4. The molecule has 1 aromatic carbocycles. The second-order valence-electron chi connectivity index (χ2n) is 6.57. The van der Waals surface area contributed by atoms with Crippen molar-refractivity contribution in [3.8, 4) is 0 Å². The lowest BCUT2D eigenvalue weighted by molar-refractivity contribution is -0.138. The lowest BCUT2D eigenvalue weighted by Gasteiger charge is -2.36. The van der Waals surface area contributed by atoms with E-state index in [4.69, 9.17) is 4.74 Å². The van der Waals surface area contributed by atoms with Crippen molar-refractivity contribution in [3.63, 3.8) is 0 Å². The van der Waals surface area contributed by atoms with Crippen LogP contribution < -0.4 is 5.32 Å². The molecule has 132 valence electrons. The fourth-order valence-electron chi connectivity index (χ4n) is 3.68. The van der Waals surface area contributed by atoms with E-state index >= 15 is 0 Å². The fraction of sp³-hybridized carbons (Fsp3) is 0.611. The normalized spacial score (nSPS) is 23.4. The first-order valence-electron chi connectivity index (χ1n) is 8.70. The average molecular weight is 335 g/mol. The summed E-state index contributed by atoms with van der Waals surface area (Å²) in [7, 11) is 1.93. The molecule has 2 aliphatic heterocycles. The summed E-state index contributed by atoms with van der Waals surface area (Å²) in [6.07, 6.45) is 1.000. The zero-order valence-electron chi connectivity index (χ0n) is 14.2. The maximum Gasteiger partial charge on any atom is 0.244 e. The van der Waals surface area contributed by atoms with Crippen molar-refractivity contribution in [2.45, 2.75) is 12.5 Å². The molecular formula is C18H26FN3O2. The molecule has 0 radical (unpaired) electrons. The van der Waals surface area contributed by atoms with Gasteiger partial charge in [-0.1, -0.05) is 18.2 Å². The highest BCUT2D eigenvalue weighted by molar-refractivity contribution is 5.83.